The number of hydrogen-bond donors (Lipinski definition) is 4. The molecule has 5 N–H and O–H groups in total. The first-order valence-electron chi connectivity index (χ1n) is 8.79. The molecule has 1 fully saturated rings. The van der Waals surface area contributed by atoms with Crippen LogP contribution in [0.4, 0.5) is 18.9 Å². The quantitative estimate of drug-likeness (QED) is 0.613. The van der Waals surface area contributed by atoms with E-state index in [1.54, 1.807) is 17.3 Å². The molecule has 1 aliphatic heterocycles. The normalized spacial score (nSPS) is 20.9. The first-order valence-corrected chi connectivity index (χ1v) is 8.79. The number of hydrazine groups is 1. The van der Waals surface area contributed by atoms with Crippen LogP contribution in [0, 0.1) is 5.92 Å². The molecule has 0 saturated carbocycles. The minimum atomic E-state index is -4.46. The molecule has 0 spiro atoms. The molecule has 2 amide bonds. The average Bonchev–Trinajstić information content (AvgIpc) is 3.10. The van der Waals surface area contributed by atoms with Crippen molar-refractivity contribution in [3.63, 3.8) is 0 Å². The lowest BCUT2D eigenvalue weighted by Gasteiger charge is -2.38. The van der Waals surface area contributed by atoms with Crippen LogP contribution in [-0.2, 0) is 4.79 Å². The fourth-order valence-corrected chi connectivity index (χ4v) is 3.27. The molecule has 3 rings (SSSR count). The summed E-state index contributed by atoms with van der Waals surface area (Å²) in [7, 11) is 0. The summed E-state index contributed by atoms with van der Waals surface area (Å²) >= 11 is 0. The van der Waals surface area contributed by atoms with Gasteiger partial charge in [-0.05, 0) is 25.8 Å². The number of H-pyrrole nitrogens is 1. The Bertz CT molecular complexity index is 881. The first kappa shape index (κ1) is 19.9. The number of piperidine rings is 1. The van der Waals surface area contributed by atoms with E-state index in [9.17, 15) is 22.8 Å². The van der Waals surface area contributed by atoms with Gasteiger partial charge in [0.25, 0.3) is 5.91 Å². The molecule has 0 aromatic carbocycles. The number of amides is 2. The van der Waals surface area contributed by atoms with Gasteiger partial charge in [0.15, 0.2) is 0 Å². The molecule has 0 bridgehead atoms. The fraction of sp³-hybridized carbons (Fsp3) is 0.471. The molecule has 152 valence electrons. The molecule has 1 saturated heterocycles. The van der Waals surface area contributed by atoms with E-state index in [4.69, 9.17) is 5.73 Å². The summed E-state index contributed by atoms with van der Waals surface area (Å²) in [4.78, 5) is 31.0. The molecule has 1 aliphatic rings. The van der Waals surface area contributed by atoms with E-state index in [1.165, 1.54) is 6.20 Å². The number of nitrogens with two attached hydrogens (primary N) is 1. The van der Waals surface area contributed by atoms with Gasteiger partial charge in [-0.3, -0.25) is 9.59 Å². The summed E-state index contributed by atoms with van der Waals surface area (Å²) in [6.45, 7) is 0.763. The van der Waals surface area contributed by atoms with Crippen molar-refractivity contribution in [1.82, 2.24) is 20.3 Å². The number of pyridine rings is 1. The fourth-order valence-electron chi connectivity index (χ4n) is 3.27. The van der Waals surface area contributed by atoms with Gasteiger partial charge in [0, 0.05) is 30.4 Å². The number of fused-ring (bicyclic) bond motifs is 1. The highest BCUT2D eigenvalue weighted by Crippen LogP contribution is 2.29. The second-order valence-corrected chi connectivity index (χ2v) is 6.87. The third-order valence-corrected chi connectivity index (χ3v) is 4.82. The minimum absolute atomic E-state index is 0.00505. The van der Waals surface area contributed by atoms with Crippen LogP contribution in [0.5, 0.6) is 0 Å². The second-order valence-electron chi connectivity index (χ2n) is 6.87. The van der Waals surface area contributed by atoms with Gasteiger partial charge in [0.2, 0.25) is 5.91 Å². The van der Waals surface area contributed by atoms with E-state index in [0.717, 1.165) is 0 Å². The summed E-state index contributed by atoms with van der Waals surface area (Å²) in [5.41, 5.74) is 9.77. The van der Waals surface area contributed by atoms with Crippen molar-refractivity contribution in [2.45, 2.75) is 32.0 Å². The number of carbonyl (C=O) groups is 2. The number of anilines is 1. The third kappa shape index (κ3) is 4.35. The number of hydrogen-bond acceptors (Lipinski definition) is 5. The number of carbonyl (C=O) groups excluding carboxylic acids is 2. The molecule has 3 heterocycles. The predicted molar refractivity (Wildman–Crippen MR) is 96.2 cm³/mol. The molecule has 11 heteroatoms. The van der Waals surface area contributed by atoms with Gasteiger partial charge in [-0.2, -0.15) is 13.2 Å². The molecule has 0 unspecified atom stereocenters. The Kier molecular flexibility index (Phi) is 5.45. The number of aromatic nitrogens is 2. The zero-order valence-electron chi connectivity index (χ0n) is 15.1. The summed E-state index contributed by atoms with van der Waals surface area (Å²) in [6.07, 6.45) is -0.360. The van der Waals surface area contributed by atoms with Crippen LogP contribution >= 0.6 is 0 Å². The molecule has 2 aromatic rings. The summed E-state index contributed by atoms with van der Waals surface area (Å²) < 4.78 is 37.1. The predicted octanol–water partition coefficient (Wildman–Crippen LogP) is 1.77. The molecule has 0 aliphatic carbocycles. The number of rotatable bonds is 5. The highest BCUT2D eigenvalue weighted by Gasteiger charge is 2.34. The zero-order valence-corrected chi connectivity index (χ0v) is 15.1. The van der Waals surface area contributed by atoms with E-state index < -0.39 is 30.5 Å². The number of primary amides is 1. The molecule has 2 atom stereocenters. The Balaban J connectivity index is 1.79. The van der Waals surface area contributed by atoms with Crippen molar-refractivity contribution in [2.75, 3.05) is 18.5 Å². The van der Waals surface area contributed by atoms with Crippen LogP contribution in [0.25, 0.3) is 11.0 Å². The molecule has 2 aromatic heterocycles. The van der Waals surface area contributed by atoms with Gasteiger partial charge in [0.1, 0.15) is 12.2 Å². The SMILES string of the molecule is C[C@H]1CC[C@@H](C(=O)NCC(F)(F)F)CN1Nc1c(C(N)=O)cnc2[nH]ccc12. The van der Waals surface area contributed by atoms with Crippen LogP contribution in [0.3, 0.4) is 0 Å². The first-order chi connectivity index (χ1) is 13.2. The highest BCUT2D eigenvalue weighted by molar-refractivity contribution is 6.05. The van der Waals surface area contributed by atoms with Gasteiger partial charge >= 0.3 is 6.18 Å². The minimum Gasteiger partial charge on any atom is -0.365 e. The van der Waals surface area contributed by atoms with Gasteiger partial charge in [-0.1, -0.05) is 0 Å². The van der Waals surface area contributed by atoms with Crippen molar-refractivity contribution in [3.05, 3.63) is 24.0 Å². The Labute approximate surface area is 158 Å². The number of aromatic amines is 1. The van der Waals surface area contributed by atoms with E-state index in [-0.39, 0.29) is 18.2 Å². The monoisotopic (exact) mass is 398 g/mol. The van der Waals surface area contributed by atoms with E-state index >= 15 is 0 Å². The van der Waals surface area contributed by atoms with Gasteiger partial charge in [0.05, 0.1) is 17.2 Å². The second kappa shape index (κ2) is 7.66. The summed E-state index contributed by atoms with van der Waals surface area (Å²) in [6, 6.07) is 1.73. The average molecular weight is 398 g/mol. The number of alkyl halides is 3. The van der Waals surface area contributed by atoms with Crippen LogP contribution in [0.2, 0.25) is 0 Å². The zero-order chi connectivity index (χ0) is 20.5. The van der Waals surface area contributed by atoms with Crippen molar-refractivity contribution in [3.8, 4) is 0 Å². The molecule has 28 heavy (non-hydrogen) atoms. The van der Waals surface area contributed by atoms with E-state index in [0.29, 0.717) is 29.6 Å². The van der Waals surface area contributed by atoms with Crippen molar-refractivity contribution < 1.29 is 22.8 Å². The van der Waals surface area contributed by atoms with Crippen LogP contribution < -0.4 is 16.5 Å². The summed E-state index contributed by atoms with van der Waals surface area (Å²) in [5.74, 6) is -1.92. The lowest BCUT2D eigenvalue weighted by Crippen LogP contribution is -2.50. The Morgan fingerprint density at radius 3 is 2.82 bits per heavy atom. The largest absolute Gasteiger partial charge is 0.405 e. The number of halogens is 3. The van der Waals surface area contributed by atoms with E-state index in [2.05, 4.69) is 15.4 Å². The Morgan fingerprint density at radius 1 is 1.39 bits per heavy atom. The maximum Gasteiger partial charge on any atom is 0.405 e. The maximum atomic E-state index is 12.4. The van der Waals surface area contributed by atoms with Crippen LogP contribution in [0.15, 0.2) is 18.5 Å². The lowest BCUT2D eigenvalue weighted by molar-refractivity contribution is -0.142. The van der Waals surface area contributed by atoms with Crippen molar-refractivity contribution in [1.29, 1.82) is 0 Å². The number of nitrogens with zero attached hydrogens (tertiary/aromatic N) is 2. The van der Waals surface area contributed by atoms with Crippen LogP contribution in [-0.4, -0.2) is 52.1 Å². The van der Waals surface area contributed by atoms with Crippen molar-refractivity contribution in [2.24, 2.45) is 11.7 Å². The third-order valence-electron chi connectivity index (χ3n) is 4.82. The standard InChI is InChI=1S/C17H21F3N6O2/c1-9-2-3-10(16(28)24-8-17(18,19)20)7-26(9)25-13-11-4-5-22-15(11)23-6-12(13)14(21)27/h4-6,9-10H,2-3,7-8H2,1H3,(H2,21,27)(H,24,28)(H2,22,23,25)/t9-,10+/m0/s1. The maximum absolute atomic E-state index is 12.4. The van der Waals surface area contributed by atoms with Crippen molar-refractivity contribution >= 4 is 28.5 Å². The number of nitrogens with one attached hydrogen (secondary N) is 3. The Hall–Kier alpha value is -2.82. The van der Waals surface area contributed by atoms with Crippen LogP contribution in [0.1, 0.15) is 30.1 Å². The molecular weight excluding hydrogens is 377 g/mol. The van der Waals surface area contributed by atoms with Gasteiger partial charge < -0.3 is 21.5 Å². The lowest BCUT2D eigenvalue weighted by atomic mass is 9.94. The Morgan fingerprint density at radius 2 is 2.14 bits per heavy atom. The topological polar surface area (TPSA) is 116 Å². The smallest absolute Gasteiger partial charge is 0.365 e. The highest BCUT2D eigenvalue weighted by atomic mass is 19.4. The van der Waals surface area contributed by atoms with Gasteiger partial charge in [-0.15, -0.1) is 0 Å². The summed E-state index contributed by atoms with van der Waals surface area (Å²) in [5, 5.41) is 4.33. The molecular formula is C17H21F3N6O2. The van der Waals surface area contributed by atoms with E-state index in [1.807, 2.05) is 12.2 Å². The van der Waals surface area contributed by atoms with Gasteiger partial charge in [-0.25, -0.2) is 9.99 Å². The molecule has 0 radical (unpaired) electrons. The molecule has 8 nitrogen and oxygen atoms in total.